The zero-order valence-corrected chi connectivity index (χ0v) is 16.0. The molecular formula is C21H20N4OS. The van der Waals surface area contributed by atoms with E-state index in [1.807, 2.05) is 43.6 Å². The number of aromatic nitrogens is 2. The highest BCUT2D eigenvalue weighted by Crippen LogP contribution is 2.24. The van der Waals surface area contributed by atoms with Crippen LogP contribution >= 0.6 is 11.3 Å². The highest BCUT2D eigenvalue weighted by atomic mass is 32.1. The Morgan fingerprint density at radius 1 is 1.15 bits per heavy atom. The van der Waals surface area contributed by atoms with E-state index in [4.69, 9.17) is 0 Å². The van der Waals surface area contributed by atoms with Gasteiger partial charge in [-0.1, -0.05) is 24.3 Å². The first-order valence-corrected chi connectivity index (χ1v) is 9.58. The number of fused-ring (bicyclic) bond motifs is 1. The first-order chi connectivity index (χ1) is 13.1. The summed E-state index contributed by atoms with van der Waals surface area (Å²) < 4.78 is 2.12. The van der Waals surface area contributed by atoms with Gasteiger partial charge >= 0.3 is 0 Å². The normalized spacial score (nSPS) is 10.9. The van der Waals surface area contributed by atoms with Gasteiger partial charge in [-0.3, -0.25) is 10.1 Å². The molecule has 0 atom stereocenters. The molecule has 0 spiro atoms. The van der Waals surface area contributed by atoms with Crippen LogP contribution in [0, 0.1) is 6.92 Å². The number of carbonyl (C=O) groups excluding carboxylic acids is 1. The lowest BCUT2D eigenvalue weighted by Gasteiger charge is -2.10. The van der Waals surface area contributed by atoms with Gasteiger partial charge in [-0.25, -0.2) is 4.98 Å². The molecule has 1 amide bonds. The first-order valence-electron chi connectivity index (χ1n) is 8.70. The van der Waals surface area contributed by atoms with Crippen LogP contribution in [-0.4, -0.2) is 15.5 Å². The fourth-order valence-electron chi connectivity index (χ4n) is 3.05. The van der Waals surface area contributed by atoms with Crippen LogP contribution < -0.4 is 10.6 Å². The fourth-order valence-corrected chi connectivity index (χ4v) is 3.73. The lowest BCUT2D eigenvalue weighted by Crippen LogP contribution is -2.11. The lowest BCUT2D eigenvalue weighted by molar-refractivity contribution is 0.102. The van der Waals surface area contributed by atoms with Crippen molar-refractivity contribution in [3.8, 4) is 0 Å². The van der Waals surface area contributed by atoms with Crippen LogP contribution in [0.25, 0.3) is 10.9 Å². The average molecular weight is 376 g/mol. The summed E-state index contributed by atoms with van der Waals surface area (Å²) in [6.45, 7) is 2.60. The molecule has 2 aromatic carbocycles. The van der Waals surface area contributed by atoms with E-state index in [2.05, 4.69) is 50.6 Å². The van der Waals surface area contributed by atoms with E-state index in [1.165, 1.54) is 22.2 Å². The summed E-state index contributed by atoms with van der Waals surface area (Å²) in [5.74, 6) is -0.141. The summed E-state index contributed by atoms with van der Waals surface area (Å²) in [5, 5.41) is 10.1. The fraction of sp³-hybridized carbons (Fsp3) is 0.143. The number of para-hydroxylation sites is 1. The van der Waals surface area contributed by atoms with E-state index < -0.39 is 0 Å². The van der Waals surface area contributed by atoms with Crippen molar-refractivity contribution in [3.05, 3.63) is 76.9 Å². The van der Waals surface area contributed by atoms with Crippen LogP contribution in [0.2, 0.25) is 0 Å². The van der Waals surface area contributed by atoms with E-state index in [0.29, 0.717) is 17.2 Å². The van der Waals surface area contributed by atoms with Crippen LogP contribution in [0.5, 0.6) is 0 Å². The predicted octanol–water partition coefficient (Wildman–Crippen LogP) is 4.81. The lowest BCUT2D eigenvalue weighted by atomic mass is 10.1. The number of rotatable bonds is 5. The molecule has 0 unspecified atom stereocenters. The largest absolute Gasteiger partial charge is 0.379 e. The topological polar surface area (TPSA) is 59.0 Å². The Balaban J connectivity index is 1.43. The van der Waals surface area contributed by atoms with Gasteiger partial charge in [-0.15, -0.1) is 11.3 Å². The van der Waals surface area contributed by atoms with E-state index >= 15 is 0 Å². The van der Waals surface area contributed by atoms with Gasteiger partial charge in [0.15, 0.2) is 5.13 Å². The molecule has 6 heteroatoms. The minimum Gasteiger partial charge on any atom is -0.379 e. The van der Waals surface area contributed by atoms with Crippen LogP contribution in [0.15, 0.2) is 60.1 Å². The van der Waals surface area contributed by atoms with Crippen molar-refractivity contribution in [2.45, 2.75) is 13.5 Å². The van der Waals surface area contributed by atoms with Crippen molar-refractivity contribution >= 4 is 39.0 Å². The number of nitrogens with zero attached hydrogens (tertiary/aromatic N) is 2. The third-order valence-corrected chi connectivity index (χ3v) is 5.31. The van der Waals surface area contributed by atoms with Crippen LogP contribution in [0.1, 0.15) is 21.6 Å². The Bertz CT molecular complexity index is 1100. The number of benzene rings is 2. The third-order valence-electron chi connectivity index (χ3n) is 4.44. The Morgan fingerprint density at radius 3 is 2.70 bits per heavy atom. The maximum Gasteiger partial charge on any atom is 0.257 e. The number of anilines is 2. The van der Waals surface area contributed by atoms with E-state index in [0.717, 1.165) is 16.9 Å². The molecule has 0 saturated heterocycles. The highest BCUT2D eigenvalue weighted by Gasteiger charge is 2.09. The first kappa shape index (κ1) is 17.3. The van der Waals surface area contributed by atoms with Crippen molar-refractivity contribution in [2.75, 3.05) is 10.6 Å². The van der Waals surface area contributed by atoms with Gasteiger partial charge in [0.2, 0.25) is 0 Å². The minimum absolute atomic E-state index is 0.141. The average Bonchev–Trinajstić information content (AvgIpc) is 3.26. The second-order valence-corrected chi connectivity index (χ2v) is 7.33. The number of hydrogen-bond donors (Lipinski definition) is 2. The van der Waals surface area contributed by atoms with Gasteiger partial charge in [0.25, 0.3) is 5.91 Å². The van der Waals surface area contributed by atoms with Gasteiger partial charge < -0.3 is 9.88 Å². The van der Waals surface area contributed by atoms with E-state index in [1.54, 1.807) is 0 Å². The Kier molecular flexibility index (Phi) is 4.64. The van der Waals surface area contributed by atoms with Gasteiger partial charge in [0.05, 0.1) is 16.9 Å². The summed E-state index contributed by atoms with van der Waals surface area (Å²) in [4.78, 5) is 16.6. The predicted molar refractivity (Wildman–Crippen MR) is 111 cm³/mol. The SMILES string of the molecule is Cc1csc(NC(=O)c2ccc(CNc3cccc4ccn(C)c34)cc2)n1. The maximum atomic E-state index is 12.3. The van der Waals surface area contributed by atoms with Crippen LogP contribution in [-0.2, 0) is 13.6 Å². The molecule has 2 N–H and O–H groups in total. The summed E-state index contributed by atoms with van der Waals surface area (Å²) in [6.07, 6.45) is 2.06. The van der Waals surface area contributed by atoms with Crippen molar-refractivity contribution in [2.24, 2.45) is 7.05 Å². The van der Waals surface area contributed by atoms with E-state index in [9.17, 15) is 4.79 Å². The summed E-state index contributed by atoms with van der Waals surface area (Å²) >= 11 is 1.43. The molecule has 5 nitrogen and oxygen atoms in total. The van der Waals surface area contributed by atoms with Crippen LogP contribution in [0.3, 0.4) is 0 Å². The summed E-state index contributed by atoms with van der Waals surface area (Å²) in [5.41, 5.74) is 4.93. The number of nitrogens with one attached hydrogen (secondary N) is 2. The van der Waals surface area contributed by atoms with Gasteiger partial charge in [0, 0.05) is 36.1 Å². The Hall–Kier alpha value is -3.12. The number of hydrogen-bond acceptors (Lipinski definition) is 4. The minimum atomic E-state index is -0.141. The Morgan fingerprint density at radius 2 is 1.96 bits per heavy atom. The second-order valence-electron chi connectivity index (χ2n) is 6.47. The monoisotopic (exact) mass is 376 g/mol. The molecule has 0 radical (unpaired) electrons. The van der Waals surface area contributed by atoms with Crippen LogP contribution in [0.4, 0.5) is 10.8 Å². The molecule has 0 fully saturated rings. The molecule has 0 bridgehead atoms. The number of carbonyl (C=O) groups is 1. The van der Waals surface area contributed by atoms with Crippen molar-refractivity contribution in [3.63, 3.8) is 0 Å². The summed E-state index contributed by atoms with van der Waals surface area (Å²) in [7, 11) is 2.05. The number of aryl methyl sites for hydroxylation is 2. The zero-order valence-electron chi connectivity index (χ0n) is 15.2. The molecule has 2 heterocycles. The van der Waals surface area contributed by atoms with Gasteiger partial charge in [-0.2, -0.15) is 0 Å². The zero-order chi connectivity index (χ0) is 18.8. The van der Waals surface area contributed by atoms with Gasteiger partial charge in [0.1, 0.15) is 0 Å². The van der Waals surface area contributed by atoms with Gasteiger partial charge in [-0.05, 0) is 36.8 Å². The quantitative estimate of drug-likeness (QED) is 0.526. The molecule has 0 aliphatic carbocycles. The van der Waals surface area contributed by atoms with Crippen molar-refractivity contribution in [1.29, 1.82) is 0 Å². The standard InChI is InChI=1S/C21H20N4OS/c1-14-13-27-21(23-14)24-20(26)17-8-6-15(7-9-17)12-22-18-5-3-4-16-10-11-25(2)19(16)18/h3-11,13,22H,12H2,1-2H3,(H,23,24,26). The smallest absolute Gasteiger partial charge is 0.257 e. The molecule has 4 aromatic rings. The maximum absolute atomic E-state index is 12.3. The van der Waals surface area contributed by atoms with E-state index in [-0.39, 0.29) is 5.91 Å². The Labute approximate surface area is 161 Å². The molecule has 27 heavy (non-hydrogen) atoms. The highest BCUT2D eigenvalue weighted by molar-refractivity contribution is 7.13. The van der Waals surface area contributed by atoms with Crippen molar-refractivity contribution in [1.82, 2.24) is 9.55 Å². The molecule has 136 valence electrons. The second kappa shape index (κ2) is 7.25. The molecule has 4 rings (SSSR count). The molecule has 0 saturated carbocycles. The third kappa shape index (κ3) is 3.71. The molecule has 0 aliphatic rings. The number of amides is 1. The number of thiazole rings is 1. The summed E-state index contributed by atoms with van der Waals surface area (Å²) in [6, 6.07) is 16.0. The molecule has 2 aromatic heterocycles. The van der Waals surface area contributed by atoms with Crippen molar-refractivity contribution < 1.29 is 4.79 Å². The molecular weight excluding hydrogens is 356 g/mol. The molecule has 0 aliphatic heterocycles.